The highest BCUT2D eigenvalue weighted by atomic mass is 16.3. The molecule has 0 radical (unpaired) electrons. The van der Waals surface area contributed by atoms with Crippen LogP contribution in [0.2, 0.25) is 0 Å². The second-order valence-electron chi connectivity index (χ2n) is 5.47. The SMILES string of the molecule is NCCCCCCC(=O)N[C@@H]1c2ccccc2C[C@@H]1O. The van der Waals surface area contributed by atoms with E-state index in [1.165, 1.54) is 0 Å². The molecule has 1 aromatic carbocycles. The number of amides is 1. The molecular weight excluding hydrogens is 252 g/mol. The van der Waals surface area contributed by atoms with Gasteiger partial charge in [0.15, 0.2) is 0 Å². The molecule has 20 heavy (non-hydrogen) atoms. The maximum Gasteiger partial charge on any atom is 0.220 e. The van der Waals surface area contributed by atoms with Gasteiger partial charge in [0.05, 0.1) is 12.1 Å². The zero-order valence-electron chi connectivity index (χ0n) is 11.8. The molecule has 2 rings (SSSR count). The van der Waals surface area contributed by atoms with Crippen molar-refractivity contribution in [3.63, 3.8) is 0 Å². The average molecular weight is 276 g/mol. The molecule has 1 aromatic rings. The fourth-order valence-corrected chi connectivity index (χ4v) is 2.78. The second-order valence-corrected chi connectivity index (χ2v) is 5.47. The minimum Gasteiger partial charge on any atom is -0.390 e. The largest absolute Gasteiger partial charge is 0.390 e. The molecule has 0 unspecified atom stereocenters. The van der Waals surface area contributed by atoms with E-state index in [9.17, 15) is 9.90 Å². The van der Waals surface area contributed by atoms with Crippen molar-refractivity contribution in [1.82, 2.24) is 5.32 Å². The first-order valence-electron chi connectivity index (χ1n) is 7.47. The van der Waals surface area contributed by atoms with E-state index in [1.54, 1.807) is 0 Å². The number of nitrogens with two attached hydrogens (primary N) is 1. The highest BCUT2D eigenvalue weighted by Crippen LogP contribution is 2.31. The third-order valence-electron chi connectivity index (χ3n) is 3.88. The number of aliphatic hydroxyl groups excluding tert-OH is 1. The van der Waals surface area contributed by atoms with Crippen LogP contribution in [0.15, 0.2) is 24.3 Å². The lowest BCUT2D eigenvalue weighted by Gasteiger charge is -2.18. The fourth-order valence-electron chi connectivity index (χ4n) is 2.78. The molecule has 0 fully saturated rings. The summed E-state index contributed by atoms with van der Waals surface area (Å²) in [5.74, 6) is 0.0264. The van der Waals surface area contributed by atoms with Gasteiger partial charge in [-0.2, -0.15) is 0 Å². The van der Waals surface area contributed by atoms with Crippen molar-refractivity contribution in [2.75, 3.05) is 6.54 Å². The average Bonchev–Trinajstić information content (AvgIpc) is 2.75. The quantitative estimate of drug-likeness (QED) is 0.663. The number of carbonyl (C=O) groups is 1. The lowest BCUT2D eigenvalue weighted by molar-refractivity contribution is -0.122. The van der Waals surface area contributed by atoms with Gasteiger partial charge in [-0.25, -0.2) is 0 Å². The van der Waals surface area contributed by atoms with Crippen LogP contribution >= 0.6 is 0 Å². The van der Waals surface area contributed by atoms with Crippen LogP contribution in [0.1, 0.15) is 49.3 Å². The molecule has 0 spiro atoms. The summed E-state index contributed by atoms with van der Waals surface area (Å²) in [5.41, 5.74) is 7.62. The summed E-state index contributed by atoms with van der Waals surface area (Å²) < 4.78 is 0. The van der Waals surface area contributed by atoms with Gasteiger partial charge in [-0.05, 0) is 30.5 Å². The van der Waals surface area contributed by atoms with Crippen LogP contribution in [0.3, 0.4) is 0 Å². The summed E-state index contributed by atoms with van der Waals surface area (Å²) in [7, 11) is 0. The number of hydrogen-bond donors (Lipinski definition) is 3. The molecule has 4 heteroatoms. The lowest BCUT2D eigenvalue weighted by atomic mass is 10.1. The van der Waals surface area contributed by atoms with Crippen LogP contribution in [0, 0.1) is 0 Å². The molecule has 0 bridgehead atoms. The van der Waals surface area contributed by atoms with E-state index in [0.29, 0.717) is 12.8 Å². The number of unbranched alkanes of at least 4 members (excludes halogenated alkanes) is 3. The Hall–Kier alpha value is -1.39. The summed E-state index contributed by atoms with van der Waals surface area (Å²) in [4.78, 5) is 11.9. The lowest BCUT2D eigenvalue weighted by Crippen LogP contribution is -2.33. The van der Waals surface area contributed by atoms with E-state index in [1.807, 2.05) is 24.3 Å². The summed E-state index contributed by atoms with van der Waals surface area (Å²) >= 11 is 0. The van der Waals surface area contributed by atoms with Crippen LogP contribution in [-0.2, 0) is 11.2 Å². The first-order valence-corrected chi connectivity index (χ1v) is 7.47. The van der Waals surface area contributed by atoms with E-state index in [4.69, 9.17) is 5.73 Å². The zero-order valence-corrected chi connectivity index (χ0v) is 11.8. The van der Waals surface area contributed by atoms with Gasteiger partial charge in [-0.3, -0.25) is 4.79 Å². The van der Waals surface area contributed by atoms with Crippen LogP contribution in [0.5, 0.6) is 0 Å². The van der Waals surface area contributed by atoms with E-state index < -0.39 is 6.10 Å². The standard InChI is InChI=1S/C16H24N2O2/c17-10-6-2-1-3-9-15(20)18-16-13-8-5-4-7-12(13)11-14(16)19/h4-5,7-8,14,16,19H,1-3,6,9-11,17H2,(H,18,20)/t14-,16+/m0/s1. The molecule has 1 aliphatic rings. The van der Waals surface area contributed by atoms with E-state index >= 15 is 0 Å². The van der Waals surface area contributed by atoms with Crippen molar-refractivity contribution >= 4 is 5.91 Å². The Labute approximate surface area is 120 Å². The predicted octanol–water partition coefficient (Wildman–Crippen LogP) is 1.67. The summed E-state index contributed by atoms with van der Waals surface area (Å²) in [6.07, 6.45) is 4.67. The van der Waals surface area contributed by atoms with Crippen molar-refractivity contribution < 1.29 is 9.90 Å². The molecule has 2 atom stereocenters. The molecule has 4 nitrogen and oxygen atoms in total. The smallest absolute Gasteiger partial charge is 0.220 e. The van der Waals surface area contributed by atoms with Crippen LogP contribution in [0.25, 0.3) is 0 Å². The first kappa shape index (κ1) is 15.0. The van der Waals surface area contributed by atoms with E-state index in [0.717, 1.165) is 43.4 Å². The van der Waals surface area contributed by atoms with E-state index in [2.05, 4.69) is 5.32 Å². The molecule has 0 aromatic heterocycles. The number of fused-ring (bicyclic) bond motifs is 1. The van der Waals surface area contributed by atoms with Gasteiger partial charge in [0.2, 0.25) is 5.91 Å². The van der Waals surface area contributed by atoms with Crippen molar-refractivity contribution in [3.8, 4) is 0 Å². The molecule has 1 amide bonds. The predicted molar refractivity (Wildman–Crippen MR) is 79.2 cm³/mol. The Kier molecular flexibility index (Phi) is 5.56. The third kappa shape index (κ3) is 3.81. The molecular formula is C16H24N2O2. The van der Waals surface area contributed by atoms with Gasteiger partial charge in [0, 0.05) is 12.8 Å². The normalized spacial score (nSPS) is 20.7. The van der Waals surface area contributed by atoms with Crippen LogP contribution < -0.4 is 11.1 Å². The number of benzene rings is 1. The molecule has 4 N–H and O–H groups in total. The zero-order chi connectivity index (χ0) is 14.4. The Morgan fingerprint density at radius 3 is 2.80 bits per heavy atom. The Morgan fingerprint density at radius 1 is 1.25 bits per heavy atom. The van der Waals surface area contributed by atoms with Gasteiger partial charge in [-0.1, -0.05) is 37.1 Å². The number of aliphatic hydroxyl groups is 1. The van der Waals surface area contributed by atoms with Crippen LogP contribution in [0.4, 0.5) is 0 Å². The van der Waals surface area contributed by atoms with Gasteiger partial charge in [0.1, 0.15) is 0 Å². The molecule has 0 aliphatic heterocycles. The number of hydrogen-bond acceptors (Lipinski definition) is 3. The monoisotopic (exact) mass is 276 g/mol. The minimum absolute atomic E-state index is 0.0264. The molecule has 1 aliphatic carbocycles. The van der Waals surface area contributed by atoms with Crippen LogP contribution in [-0.4, -0.2) is 23.7 Å². The number of carbonyl (C=O) groups excluding carboxylic acids is 1. The van der Waals surface area contributed by atoms with Crippen molar-refractivity contribution in [2.24, 2.45) is 5.73 Å². The van der Waals surface area contributed by atoms with Gasteiger partial charge < -0.3 is 16.2 Å². The van der Waals surface area contributed by atoms with Gasteiger partial charge in [0.25, 0.3) is 0 Å². The summed E-state index contributed by atoms with van der Waals surface area (Å²) in [5, 5.41) is 13.0. The van der Waals surface area contributed by atoms with Gasteiger partial charge in [-0.15, -0.1) is 0 Å². The highest BCUT2D eigenvalue weighted by molar-refractivity contribution is 5.76. The van der Waals surface area contributed by atoms with Crippen molar-refractivity contribution in [1.29, 1.82) is 0 Å². The second kappa shape index (κ2) is 7.41. The third-order valence-corrected chi connectivity index (χ3v) is 3.88. The fraction of sp³-hybridized carbons (Fsp3) is 0.562. The summed E-state index contributed by atoms with van der Waals surface area (Å²) in [6, 6.07) is 7.66. The number of nitrogens with one attached hydrogen (secondary N) is 1. The summed E-state index contributed by atoms with van der Waals surface area (Å²) in [6.45, 7) is 0.719. The highest BCUT2D eigenvalue weighted by Gasteiger charge is 2.31. The number of rotatable bonds is 7. The molecule has 0 heterocycles. The van der Waals surface area contributed by atoms with Crippen molar-refractivity contribution in [2.45, 2.75) is 50.7 Å². The Balaban J connectivity index is 1.80. The maximum atomic E-state index is 11.9. The molecule has 0 saturated carbocycles. The van der Waals surface area contributed by atoms with Gasteiger partial charge >= 0.3 is 0 Å². The minimum atomic E-state index is -0.506. The van der Waals surface area contributed by atoms with Crippen molar-refractivity contribution in [3.05, 3.63) is 35.4 Å². The van der Waals surface area contributed by atoms with E-state index in [-0.39, 0.29) is 11.9 Å². The maximum absolute atomic E-state index is 11.9. The Morgan fingerprint density at radius 2 is 2.00 bits per heavy atom. The Bertz CT molecular complexity index is 448. The molecule has 110 valence electrons. The molecule has 0 saturated heterocycles. The first-order chi connectivity index (χ1) is 9.72. The topological polar surface area (TPSA) is 75.4 Å².